The molecule has 0 spiro atoms. The molecular formula is C19H16N2O. The first-order valence-electron chi connectivity index (χ1n) is 7.11. The van der Waals surface area contributed by atoms with Crippen molar-refractivity contribution in [2.45, 2.75) is 13.5 Å². The Labute approximate surface area is 129 Å². The summed E-state index contributed by atoms with van der Waals surface area (Å²) in [5.74, 6) is 3.16. The highest BCUT2D eigenvalue weighted by atomic mass is 16.1. The molecule has 108 valence electrons. The van der Waals surface area contributed by atoms with E-state index in [1.54, 1.807) is 13.1 Å². The third-order valence-corrected chi connectivity index (χ3v) is 3.60. The second-order valence-electron chi connectivity index (χ2n) is 5.12. The highest BCUT2D eigenvalue weighted by Crippen LogP contribution is 2.21. The number of benzene rings is 2. The molecule has 0 amide bonds. The Bertz CT molecular complexity index is 893. The van der Waals surface area contributed by atoms with Crippen LogP contribution in [-0.4, -0.2) is 10.4 Å². The van der Waals surface area contributed by atoms with E-state index in [1.165, 1.54) is 0 Å². The first-order chi connectivity index (χ1) is 10.7. The van der Waals surface area contributed by atoms with Crippen LogP contribution in [0.15, 0.2) is 54.7 Å². The second kappa shape index (κ2) is 5.88. The van der Waals surface area contributed by atoms with E-state index in [4.69, 9.17) is 5.73 Å². The van der Waals surface area contributed by atoms with Crippen LogP contribution in [0.5, 0.6) is 0 Å². The molecule has 3 heteroatoms. The molecule has 0 radical (unpaired) electrons. The molecule has 22 heavy (non-hydrogen) atoms. The molecule has 0 fully saturated rings. The number of Topliss-reactive ketones (excluding diaryl/α,β-unsaturated/α-hetero) is 1. The molecule has 0 aliphatic rings. The molecule has 0 saturated carbocycles. The predicted molar refractivity (Wildman–Crippen MR) is 88.6 cm³/mol. The van der Waals surface area contributed by atoms with Gasteiger partial charge in [-0.25, -0.2) is 0 Å². The normalized spacial score (nSPS) is 10.3. The lowest BCUT2D eigenvalue weighted by Gasteiger charge is -1.96. The Balaban J connectivity index is 2.04. The van der Waals surface area contributed by atoms with Gasteiger partial charge in [0.15, 0.2) is 5.78 Å². The molecular weight excluding hydrogens is 272 g/mol. The largest absolute Gasteiger partial charge is 0.326 e. The van der Waals surface area contributed by atoms with Crippen LogP contribution in [0.1, 0.15) is 28.4 Å². The van der Waals surface area contributed by atoms with E-state index in [2.05, 4.69) is 12.0 Å². The van der Waals surface area contributed by atoms with Crippen molar-refractivity contribution in [3.8, 4) is 12.0 Å². The quantitative estimate of drug-likeness (QED) is 0.581. The van der Waals surface area contributed by atoms with Crippen molar-refractivity contribution in [1.82, 2.24) is 4.57 Å². The van der Waals surface area contributed by atoms with E-state index >= 15 is 0 Å². The molecule has 3 aromatic rings. The summed E-state index contributed by atoms with van der Waals surface area (Å²) in [6.45, 7) is 2.10. The molecule has 3 nitrogen and oxygen atoms in total. The third kappa shape index (κ3) is 2.65. The summed E-state index contributed by atoms with van der Waals surface area (Å²) in [6, 6.07) is 18.7. The van der Waals surface area contributed by atoms with Crippen LogP contribution in [0.25, 0.3) is 10.9 Å². The summed E-state index contributed by atoms with van der Waals surface area (Å²) in [5.41, 5.74) is 9.22. The fourth-order valence-corrected chi connectivity index (χ4v) is 2.40. The maximum Gasteiger partial charge on any atom is 0.161 e. The van der Waals surface area contributed by atoms with Crippen molar-refractivity contribution < 1.29 is 4.79 Å². The van der Waals surface area contributed by atoms with Crippen molar-refractivity contribution in [3.63, 3.8) is 0 Å². The van der Waals surface area contributed by atoms with Crippen LogP contribution in [0.3, 0.4) is 0 Å². The zero-order valence-electron chi connectivity index (χ0n) is 12.3. The molecule has 0 aliphatic heterocycles. The summed E-state index contributed by atoms with van der Waals surface area (Å²) >= 11 is 0. The van der Waals surface area contributed by atoms with Crippen LogP contribution < -0.4 is 5.73 Å². The lowest BCUT2D eigenvalue weighted by Crippen LogP contribution is -1.95. The Hall–Kier alpha value is -2.83. The van der Waals surface area contributed by atoms with Crippen molar-refractivity contribution in [2.75, 3.05) is 0 Å². The van der Waals surface area contributed by atoms with Gasteiger partial charge in [0, 0.05) is 35.3 Å². The summed E-state index contributed by atoms with van der Waals surface area (Å²) in [6.07, 6.45) is 1.80. The van der Waals surface area contributed by atoms with Crippen molar-refractivity contribution in [3.05, 3.63) is 71.4 Å². The van der Waals surface area contributed by atoms with Gasteiger partial charge < -0.3 is 5.73 Å². The average Bonchev–Trinajstić information content (AvgIpc) is 2.92. The molecule has 2 aromatic carbocycles. The van der Waals surface area contributed by atoms with E-state index in [-0.39, 0.29) is 5.78 Å². The van der Waals surface area contributed by atoms with Gasteiger partial charge in [-0.2, -0.15) is 0 Å². The Kier molecular flexibility index (Phi) is 3.78. The number of rotatable bonds is 2. The van der Waals surface area contributed by atoms with E-state index in [0.717, 1.165) is 22.0 Å². The minimum absolute atomic E-state index is 0.0454. The Morgan fingerprint density at radius 2 is 1.86 bits per heavy atom. The minimum atomic E-state index is 0.0454. The zero-order chi connectivity index (χ0) is 15.5. The standard InChI is InChI=1S/C19H16N2O/c1-14(22)18-13-21(19-5-3-2-4-17(18)19)11-10-15-6-8-16(12-20)9-7-15/h2-9,13H,12,20H2,1H3. The summed E-state index contributed by atoms with van der Waals surface area (Å²) in [5, 5.41) is 0.933. The molecule has 0 bridgehead atoms. The maximum atomic E-state index is 11.7. The van der Waals surface area contributed by atoms with Crippen LogP contribution in [-0.2, 0) is 6.54 Å². The number of para-hydroxylation sites is 1. The van der Waals surface area contributed by atoms with Gasteiger partial charge in [-0.15, -0.1) is 0 Å². The van der Waals surface area contributed by atoms with Crippen LogP contribution in [0.4, 0.5) is 0 Å². The summed E-state index contributed by atoms with van der Waals surface area (Å²) in [4.78, 5) is 11.7. The lowest BCUT2D eigenvalue weighted by atomic mass is 10.1. The number of carbonyl (C=O) groups is 1. The number of nitrogens with two attached hydrogens (primary N) is 1. The first-order valence-corrected chi connectivity index (χ1v) is 7.11. The second-order valence-corrected chi connectivity index (χ2v) is 5.12. The van der Waals surface area contributed by atoms with E-state index < -0.39 is 0 Å². The number of fused-ring (bicyclic) bond motifs is 1. The monoisotopic (exact) mass is 288 g/mol. The van der Waals surface area contributed by atoms with Crippen LogP contribution >= 0.6 is 0 Å². The summed E-state index contributed by atoms with van der Waals surface area (Å²) < 4.78 is 1.81. The van der Waals surface area contributed by atoms with Gasteiger partial charge >= 0.3 is 0 Å². The molecule has 1 heterocycles. The average molecular weight is 288 g/mol. The number of aromatic nitrogens is 1. The van der Waals surface area contributed by atoms with Gasteiger partial charge in [-0.1, -0.05) is 30.3 Å². The van der Waals surface area contributed by atoms with E-state index in [1.807, 2.05) is 53.1 Å². The highest BCUT2D eigenvalue weighted by Gasteiger charge is 2.10. The molecule has 0 saturated heterocycles. The number of carbonyl (C=O) groups excluding carboxylic acids is 1. The lowest BCUT2D eigenvalue weighted by molar-refractivity contribution is 0.101. The fraction of sp³-hybridized carbons (Fsp3) is 0.105. The SMILES string of the molecule is CC(=O)c1cn(C#Cc2ccc(CN)cc2)c2ccccc12. The molecule has 0 unspecified atom stereocenters. The van der Waals surface area contributed by atoms with Gasteiger partial charge in [0.1, 0.15) is 0 Å². The fourth-order valence-electron chi connectivity index (χ4n) is 2.40. The van der Waals surface area contributed by atoms with Gasteiger partial charge in [0.05, 0.1) is 5.52 Å². The van der Waals surface area contributed by atoms with Crippen molar-refractivity contribution in [2.24, 2.45) is 5.73 Å². The molecule has 3 rings (SSSR count). The van der Waals surface area contributed by atoms with E-state index in [0.29, 0.717) is 12.1 Å². The van der Waals surface area contributed by atoms with Crippen LogP contribution in [0.2, 0.25) is 0 Å². The number of hydrogen-bond acceptors (Lipinski definition) is 2. The number of nitrogens with zero attached hydrogens (tertiary/aromatic N) is 1. The third-order valence-electron chi connectivity index (χ3n) is 3.60. The van der Waals surface area contributed by atoms with Crippen molar-refractivity contribution >= 4 is 16.7 Å². The predicted octanol–water partition coefficient (Wildman–Crippen LogP) is 3.16. The Morgan fingerprint density at radius 3 is 2.55 bits per heavy atom. The minimum Gasteiger partial charge on any atom is -0.326 e. The number of ketones is 1. The topological polar surface area (TPSA) is 48.0 Å². The van der Waals surface area contributed by atoms with Gasteiger partial charge in [-0.3, -0.25) is 9.36 Å². The molecule has 0 atom stereocenters. The maximum absolute atomic E-state index is 11.7. The summed E-state index contributed by atoms with van der Waals surface area (Å²) in [7, 11) is 0. The van der Waals surface area contributed by atoms with E-state index in [9.17, 15) is 4.79 Å². The van der Waals surface area contributed by atoms with Crippen LogP contribution in [0, 0.1) is 12.0 Å². The van der Waals surface area contributed by atoms with Gasteiger partial charge in [0.2, 0.25) is 0 Å². The zero-order valence-corrected chi connectivity index (χ0v) is 12.3. The number of hydrogen-bond donors (Lipinski definition) is 1. The Morgan fingerprint density at radius 1 is 1.14 bits per heavy atom. The van der Waals surface area contributed by atoms with Crippen molar-refractivity contribution in [1.29, 1.82) is 0 Å². The highest BCUT2D eigenvalue weighted by molar-refractivity contribution is 6.07. The molecule has 2 N–H and O–H groups in total. The van der Waals surface area contributed by atoms with Gasteiger partial charge in [-0.05, 0) is 36.6 Å². The molecule has 0 aliphatic carbocycles. The first kappa shape index (κ1) is 14.1. The molecule has 1 aromatic heterocycles. The smallest absolute Gasteiger partial charge is 0.161 e. The van der Waals surface area contributed by atoms with Gasteiger partial charge in [0.25, 0.3) is 0 Å².